The SMILES string of the molecule is Clc1cc(Cc2ccccc2)nc(SCc2ccc3ccccc3c2)n1. The maximum Gasteiger partial charge on any atom is 0.189 e. The molecule has 4 rings (SSSR count). The van der Waals surface area contributed by atoms with Crippen LogP contribution in [0.1, 0.15) is 16.8 Å². The van der Waals surface area contributed by atoms with E-state index in [0.29, 0.717) is 5.15 Å². The number of thioether (sulfide) groups is 1. The Morgan fingerprint density at radius 3 is 2.35 bits per heavy atom. The summed E-state index contributed by atoms with van der Waals surface area (Å²) in [5.74, 6) is 0.815. The summed E-state index contributed by atoms with van der Waals surface area (Å²) in [4.78, 5) is 9.04. The first-order valence-corrected chi connectivity index (χ1v) is 9.80. The van der Waals surface area contributed by atoms with Crippen LogP contribution >= 0.6 is 23.4 Å². The number of hydrogen-bond donors (Lipinski definition) is 0. The van der Waals surface area contributed by atoms with Gasteiger partial charge in [-0.1, -0.05) is 96.2 Å². The van der Waals surface area contributed by atoms with E-state index in [1.807, 2.05) is 24.3 Å². The number of aromatic nitrogens is 2. The molecule has 0 bridgehead atoms. The van der Waals surface area contributed by atoms with Crippen LogP contribution in [0.3, 0.4) is 0 Å². The normalized spacial score (nSPS) is 11.0. The molecule has 4 aromatic rings. The van der Waals surface area contributed by atoms with E-state index in [1.165, 1.54) is 21.9 Å². The fourth-order valence-electron chi connectivity index (χ4n) is 2.88. The van der Waals surface area contributed by atoms with Gasteiger partial charge in [0.2, 0.25) is 0 Å². The number of fused-ring (bicyclic) bond motifs is 1. The molecule has 0 N–H and O–H groups in total. The third-order valence-electron chi connectivity index (χ3n) is 4.14. The van der Waals surface area contributed by atoms with E-state index in [0.717, 1.165) is 23.0 Å². The quantitative estimate of drug-likeness (QED) is 0.237. The molecule has 128 valence electrons. The summed E-state index contributed by atoms with van der Waals surface area (Å²) in [6.07, 6.45) is 0.757. The molecular formula is C22H17ClN2S. The van der Waals surface area contributed by atoms with Gasteiger partial charge in [-0.05, 0) is 28.0 Å². The molecule has 4 heteroatoms. The van der Waals surface area contributed by atoms with Crippen LogP contribution in [-0.2, 0) is 12.2 Å². The van der Waals surface area contributed by atoms with Crippen LogP contribution in [0.15, 0.2) is 84.0 Å². The first kappa shape index (κ1) is 17.1. The van der Waals surface area contributed by atoms with Crippen molar-refractivity contribution >= 4 is 34.1 Å². The molecule has 0 fully saturated rings. The smallest absolute Gasteiger partial charge is 0.189 e. The summed E-state index contributed by atoms with van der Waals surface area (Å²) in [6.45, 7) is 0. The van der Waals surface area contributed by atoms with Crippen molar-refractivity contribution in [1.82, 2.24) is 9.97 Å². The Kier molecular flexibility index (Phi) is 5.19. The molecule has 0 amide bonds. The Hall–Kier alpha value is -2.36. The van der Waals surface area contributed by atoms with Crippen molar-refractivity contribution in [3.05, 3.63) is 101 Å². The zero-order valence-electron chi connectivity index (χ0n) is 14.1. The number of halogens is 1. The van der Waals surface area contributed by atoms with Crippen LogP contribution in [0.5, 0.6) is 0 Å². The highest BCUT2D eigenvalue weighted by molar-refractivity contribution is 7.98. The molecule has 0 aliphatic carbocycles. The van der Waals surface area contributed by atoms with Gasteiger partial charge in [-0.2, -0.15) is 0 Å². The molecule has 0 unspecified atom stereocenters. The van der Waals surface area contributed by atoms with E-state index in [1.54, 1.807) is 11.8 Å². The van der Waals surface area contributed by atoms with Gasteiger partial charge >= 0.3 is 0 Å². The minimum atomic E-state index is 0.493. The van der Waals surface area contributed by atoms with Crippen molar-refractivity contribution in [2.45, 2.75) is 17.3 Å². The van der Waals surface area contributed by atoms with Crippen LogP contribution in [0, 0.1) is 0 Å². The average molecular weight is 377 g/mol. The zero-order valence-corrected chi connectivity index (χ0v) is 15.7. The fourth-order valence-corrected chi connectivity index (χ4v) is 3.95. The molecule has 1 aromatic heterocycles. The molecular weight excluding hydrogens is 360 g/mol. The fraction of sp³-hybridized carbons (Fsp3) is 0.0909. The number of nitrogens with zero attached hydrogens (tertiary/aromatic N) is 2. The number of hydrogen-bond acceptors (Lipinski definition) is 3. The lowest BCUT2D eigenvalue weighted by Crippen LogP contribution is -1.97. The van der Waals surface area contributed by atoms with Gasteiger partial charge in [0.15, 0.2) is 5.16 Å². The maximum atomic E-state index is 6.21. The minimum Gasteiger partial charge on any atom is -0.227 e. The van der Waals surface area contributed by atoms with Crippen LogP contribution < -0.4 is 0 Å². The van der Waals surface area contributed by atoms with Gasteiger partial charge in [-0.3, -0.25) is 0 Å². The molecule has 2 nitrogen and oxygen atoms in total. The van der Waals surface area contributed by atoms with Crippen LogP contribution in [-0.4, -0.2) is 9.97 Å². The summed E-state index contributed by atoms with van der Waals surface area (Å²) < 4.78 is 0. The highest BCUT2D eigenvalue weighted by atomic mass is 35.5. The van der Waals surface area contributed by atoms with Gasteiger partial charge in [0.1, 0.15) is 5.15 Å². The molecule has 0 saturated heterocycles. The Balaban J connectivity index is 1.50. The lowest BCUT2D eigenvalue weighted by atomic mass is 10.1. The largest absolute Gasteiger partial charge is 0.227 e. The summed E-state index contributed by atoms with van der Waals surface area (Å²) in [5, 5.41) is 3.72. The molecule has 0 spiro atoms. The van der Waals surface area contributed by atoms with Crippen molar-refractivity contribution in [3.63, 3.8) is 0 Å². The van der Waals surface area contributed by atoms with Crippen LogP contribution in [0.25, 0.3) is 10.8 Å². The van der Waals surface area contributed by atoms with Gasteiger partial charge in [0.25, 0.3) is 0 Å². The third kappa shape index (κ3) is 4.24. The average Bonchev–Trinajstić information content (AvgIpc) is 2.67. The van der Waals surface area contributed by atoms with E-state index < -0.39 is 0 Å². The van der Waals surface area contributed by atoms with E-state index in [2.05, 4.69) is 64.6 Å². The first-order valence-electron chi connectivity index (χ1n) is 8.44. The van der Waals surface area contributed by atoms with Crippen molar-refractivity contribution in [3.8, 4) is 0 Å². The second kappa shape index (κ2) is 7.90. The maximum absolute atomic E-state index is 6.21. The third-order valence-corrected chi connectivity index (χ3v) is 5.25. The van der Waals surface area contributed by atoms with E-state index in [9.17, 15) is 0 Å². The van der Waals surface area contributed by atoms with Gasteiger partial charge < -0.3 is 0 Å². The molecule has 26 heavy (non-hydrogen) atoms. The van der Waals surface area contributed by atoms with Gasteiger partial charge in [0, 0.05) is 12.2 Å². The van der Waals surface area contributed by atoms with E-state index in [-0.39, 0.29) is 0 Å². The van der Waals surface area contributed by atoms with Crippen LogP contribution in [0.2, 0.25) is 5.15 Å². The molecule has 0 atom stereocenters. The highest BCUT2D eigenvalue weighted by Gasteiger charge is 2.06. The second-order valence-corrected chi connectivity index (χ2v) is 7.43. The Morgan fingerprint density at radius 1 is 0.731 bits per heavy atom. The second-order valence-electron chi connectivity index (χ2n) is 6.10. The summed E-state index contributed by atoms with van der Waals surface area (Å²) in [7, 11) is 0. The molecule has 0 saturated carbocycles. The summed E-state index contributed by atoms with van der Waals surface area (Å²) in [5.41, 5.74) is 3.41. The van der Waals surface area contributed by atoms with E-state index in [4.69, 9.17) is 11.6 Å². The molecule has 0 aliphatic rings. The zero-order chi connectivity index (χ0) is 17.8. The van der Waals surface area contributed by atoms with Gasteiger partial charge in [0.05, 0.1) is 5.69 Å². The van der Waals surface area contributed by atoms with Crippen molar-refractivity contribution < 1.29 is 0 Å². The van der Waals surface area contributed by atoms with Crippen molar-refractivity contribution in [2.24, 2.45) is 0 Å². The predicted molar refractivity (Wildman–Crippen MR) is 110 cm³/mol. The Morgan fingerprint density at radius 2 is 1.50 bits per heavy atom. The Labute approximate surface area is 162 Å². The lowest BCUT2D eigenvalue weighted by Gasteiger charge is -2.06. The van der Waals surface area contributed by atoms with Crippen LogP contribution in [0.4, 0.5) is 0 Å². The predicted octanol–water partition coefficient (Wildman–Crippen LogP) is 6.17. The Bertz CT molecular complexity index is 1030. The molecule has 1 heterocycles. The minimum absolute atomic E-state index is 0.493. The van der Waals surface area contributed by atoms with E-state index >= 15 is 0 Å². The number of rotatable bonds is 5. The van der Waals surface area contributed by atoms with Crippen molar-refractivity contribution in [2.75, 3.05) is 0 Å². The lowest BCUT2D eigenvalue weighted by molar-refractivity contribution is 0.903. The summed E-state index contributed by atoms with van der Waals surface area (Å²) >= 11 is 7.83. The molecule has 3 aromatic carbocycles. The highest BCUT2D eigenvalue weighted by Crippen LogP contribution is 2.24. The first-order chi connectivity index (χ1) is 12.8. The summed E-state index contributed by atoms with van der Waals surface area (Å²) in [6, 6.07) is 27.0. The molecule has 0 radical (unpaired) electrons. The topological polar surface area (TPSA) is 25.8 Å². The van der Waals surface area contributed by atoms with Gasteiger partial charge in [-0.25, -0.2) is 9.97 Å². The monoisotopic (exact) mass is 376 g/mol. The van der Waals surface area contributed by atoms with Gasteiger partial charge in [-0.15, -0.1) is 0 Å². The standard InChI is InChI=1S/C22H17ClN2S/c23-21-14-20(13-16-6-2-1-3-7-16)24-22(25-21)26-15-17-10-11-18-8-4-5-9-19(18)12-17/h1-12,14H,13,15H2. The van der Waals surface area contributed by atoms with Crippen molar-refractivity contribution in [1.29, 1.82) is 0 Å². The molecule has 0 aliphatic heterocycles. The number of benzene rings is 3.